The van der Waals surface area contributed by atoms with Crippen LogP contribution in [0.2, 0.25) is 0 Å². The van der Waals surface area contributed by atoms with Crippen LogP contribution in [0, 0.1) is 0 Å². The first-order valence-corrected chi connectivity index (χ1v) is 5.99. The van der Waals surface area contributed by atoms with Gasteiger partial charge in [0.15, 0.2) is 0 Å². The Hall–Kier alpha value is -1.49. The summed E-state index contributed by atoms with van der Waals surface area (Å²) < 4.78 is 1.85. The lowest BCUT2D eigenvalue weighted by Crippen LogP contribution is -2.33. The minimum Gasteiger partial charge on any atom is -0.397 e. The number of aromatic nitrogens is 1. The molecule has 1 aromatic heterocycles. The second-order valence-electron chi connectivity index (χ2n) is 3.91. The fraction of sp³-hybridized carbons (Fsp3) is 0.583. The predicted molar refractivity (Wildman–Crippen MR) is 67.8 cm³/mol. The lowest BCUT2D eigenvalue weighted by molar-refractivity contribution is 0.0743. The van der Waals surface area contributed by atoms with E-state index in [0.29, 0.717) is 30.9 Å². The number of aliphatic hydroxyl groups is 1. The molecule has 3 N–H and O–H groups in total. The van der Waals surface area contributed by atoms with Gasteiger partial charge in [-0.2, -0.15) is 0 Å². The SMILES string of the molecule is CCN(CCCO)C(=O)c1cc(N)cn1CC. The minimum atomic E-state index is -0.0282. The van der Waals surface area contributed by atoms with E-state index in [1.54, 1.807) is 17.2 Å². The number of anilines is 1. The molecule has 5 heteroatoms. The van der Waals surface area contributed by atoms with Crippen LogP contribution < -0.4 is 5.73 Å². The van der Waals surface area contributed by atoms with Crippen LogP contribution >= 0.6 is 0 Å². The first kappa shape index (κ1) is 13.6. The summed E-state index contributed by atoms with van der Waals surface area (Å²) in [5, 5.41) is 8.80. The van der Waals surface area contributed by atoms with Gasteiger partial charge in [-0.1, -0.05) is 0 Å². The van der Waals surface area contributed by atoms with Crippen molar-refractivity contribution < 1.29 is 9.90 Å². The monoisotopic (exact) mass is 239 g/mol. The van der Waals surface area contributed by atoms with Crippen LogP contribution in [0.1, 0.15) is 30.8 Å². The molecule has 0 fully saturated rings. The van der Waals surface area contributed by atoms with E-state index in [2.05, 4.69) is 0 Å². The molecule has 0 atom stereocenters. The van der Waals surface area contributed by atoms with Gasteiger partial charge in [0.1, 0.15) is 5.69 Å². The van der Waals surface area contributed by atoms with Crippen molar-refractivity contribution in [1.29, 1.82) is 0 Å². The Morgan fingerprint density at radius 1 is 1.53 bits per heavy atom. The Morgan fingerprint density at radius 2 is 2.24 bits per heavy atom. The van der Waals surface area contributed by atoms with Gasteiger partial charge in [-0.25, -0.2) is 0 Å². The fourth-order valence-corrected chi connectivity index (χ4v) is 1.80. The van der Waals surface area contributed by atoms with E-state index in [4.69, 9.17) is 10.8 Å². The Labute approximate surface area is 102 Å². The third-order valence-electron chi connectivity index (χ3n) is 2.73. The molecular weight excluding hydrogens is 218 g/mol. The van der Waals surface area contributed by atoms with Gasteiger partial charge < -0.3 is 20.3 Å². The van der Waals surface area contributed by atoms with Crippen LogP contribution in [0.3, 0.4) is 0 Å². The van der Waals surface area contributed by atoms with Crippen molar-refractivity contribution in [2.24, 2.45) is 0 Å². The van der Waals surface area contributed by atoms with Crippen LogP contribution in [0.15, 0.2) is 12.3 Å². The van der Waals surface area contributed by atoms with Gasteiger partial charge in [0.25, 0.3) is 5.91 Å². The topological polar surface area (TPSA) is 71.5 Å². The molecule has 5 nitrogen and oxygen atoms in total. The summed E-state index contributed by atoms with van der Waals surface area (Å²) in [4.78, 5) is 14.0. The number of nitrogens with zero attached hydrogens (tertiary/aromatic N) is 2. The molecule has 0 aromatic carbocycles. The van der Waals surface area contributed by atoms with Crippen molar-refractivity contribution in [2.75, 3.05) is 25.4 Å². The Balaban J connectivity index is 2.85. The van der Waals surface area contributed by atoms with E-state index in [9.17, 15) is 4.79 Å². The number of nitrogen functional groups attached to an aromatic ring is 1. The smallest absolute Gasteiger partial charge is 0.270 e. The second-order valence-corrected chi connectivity index (χ2v) is 3.91. The molecule has 0 aliphatic rings. The van der Waals surface area contributed by atoms with Gasteiger partial charge >= 0.3 is 0 Å². The molecule has 96 valence electrons. The number of rotatable bonds is 6. The highest BCUT2D eigenvalue weighted by atomic mass is 16.3. The van der Waals surface area contributed by atoms with E-state index in [1.165, 1.54) is 0 Å². The van der Waals surface area contributed by atoms with Crippen LogP contribution in [-0.2, 0) is 6.54 Å². The highest BCUT2D eigenvalue weighted by molar-refractivity contribution is 5.93. The van der Waals surface area contributed by atoms with Crippen LogP contribution in [0.4, 0.5) is 5.69 Å². The summed E-state index contributed by atoms with van der Waals surface area (Å²) in [6.07, 6.45) is 2.37. The number of carbonyl (C=O) groups excluding carboxylic acids is 1. The average Bonchev–Trinajstić information content (AvgIpc) is 2.71. The first-order valence-electron chi connectivity index (χ1n) is 5.99. The summed E-state index contributed by atoms with van der Waals surface area (Å²) in [5.74, 6) is -0.0282. The molecule has 0 radical (unpaired) electrons. The number of nitrogens with two attached hydrogens (primary N) is 1. The van der Waals surface area contributed by atoms with Crippen molar-refractivity contribution in [2.45, 2.75) is 26.8 Å². The molecule has 0 bridgehead atoms. The van der Waals surface area contributed by atoms with Gasteiger partial charge in [-0.3, -0.25) is 4.79 Å². The summed E-state index contributed by atoms with van der Waals surface area (Å²) in [6.45, 7) is 5.92. The normalized spacial score (nSPS) is 10.5. The third kappa shape index (κ3) is 3.23. The van der Waals surface area contributed by atoms with E-state index >= 15 is 0 Å². The summed E-state index contributed by atoms with van der Waals surface area (Å²) in [7, 11) is 0. The van der Waals surface area contributed by atoms with E-state index in [0.717, 1.165) is 6.54 Å². The quantitative estimate of drug-likeness (QED) is 0.776. The maximum atomic E-state index is 12.2. The Bertz CT molecular complexity index is 374. The first-order chi connectivity index (χ1) is 8.13. The number of aliphatic hydroxyl groups excluding tert-OH is 1. The number of amides is 1. The summed E-state index contributed by atoms with van der Waals surface area (Å²) in [5.41, 5.74) is 6.92. The molecule has 0 saturated heterocycles. The highest BCUT2D eigenvalue weighted by Gasteiger charge is 2.17. The number of hydrogen-bond acceptors (Lipinski definition) is 3. The molecule has 0 aliphatic heterocycles. The van der Waals surface area contributed by atoms with Gasteiger partial charge in [0, 0.05) is 32.4 Å². The molecule has 0 saturated carbocycles. The molecule has 1 aromatic rings. The number of aryl methyl sites for hydroxylation is 1. The van der Waals surface area contributed by atoms with E-state index < -0.39 is 0 Å². The van der Waals surface area contributed by atoms with Crippen molar-refractivity contribution in [3.63, 3.8) is 0 Å². The fourth-order valence-electron chi connectivity index (χ4n) is 1.80. The molecule has 1 rings (SSSR count). The number of hydrogen-bond donors (Lipinski definition) is 2. The zero-order valence-corrected chi connectivity index (χ0v) is 10.5. The second kappa shape index (κ2) is 6.30. The maximum absolute atomic E-state index is 12.2. The van der Waals surface area contributed by atoms with Crippen LogP contribution in [0.25, 0.3) is 0 Å². The van der Waals surface area contributed by atoms with Gasteiger partial charge in [-0.05, 0) is 26.3 Å². The summed E-state index contributed by atoms with van der Waals surface area (Å²) >= 11 is 0. The molecule has 1 heterocycles. The zero-order valence-electron chi connectivity index (χ0n) is 10.5. The average molecular weight is 239 g/mol. The maximum Gasteiger partial charge on any atom is 0.270 e. The highest BCUT2D eigenvalue weighted by Crippen LogP contribution is 2.13. The molecule has 17 heavy (non-hydrogen) atoms. The Kier molecular flexibility index (Phi) is 5.03. The Morgan fingerprint density at radius 3 is 2.76 bits per heavy atom. The lowest BCUT2D eigenvalue weighted by atomic mass is 10.3. The largest absolute Gasteiger partial charge is 0.397 e. The standard InChI is InChI=1S/C12H21N3O2/c1-3-14(6-5-7-16)12(17)11-8-10(13)9-15(11)4-2/h8-9,16H,3-7,13H2,1-2H3. The van der Waals surface area contributed by atoms with Crippen molar-refractivity contribution in [3.8, 4) is 0 Å². The van der Waals surface area contributed by atoms with Crippen LogP contribution in [0.5, 0.6) is 0 Å². The minimum absolute atomic E-state index is 0.0282. The molecular formula is C12H21N3O2. The van der Waals surface area contributed by atoms with Gasteiger partial charge in [0.2, 0.25) is 0 Å². The molecule has 1 amide bonds. The lowest BCUT2D eigenvalue weighted by Gasteiger charge is -2.21. The van der Waals surface area contributed by atoms with Crippen LogP contribution in [-0.4, -0.2) is 40.2 Å². The van der Waals surface area contributed by atoms with E-state index in [-0.39, 0.29) is 12.5 Å². The number of carbonyl (C=O) groups is 1. The zero-order chi connectivity index (χ0) is 12.8. The summed E-state index contributed by atoms with van der Waals surface area (Å²) in [6, 6.07) is 1.70. The van der Waals surface area contributed by atoms with Gasteiger partial charge in [-0.15, -0.1) is 0 Å². The molecule has 0 spiro atoms. The third-order valence-corrected chi connectivity index (χ3v) is 2.73. The van der Waals surface area contributed by atoms with E-state index in [1.807, 2.05) is 18.4 Å². The van der Waals surface area contributed by atoms with Crippen molar-refractivity contribution in [3.05, 3.63) is 18.0 Å². The molecule has 0 unspecified atom stereocenters. The predicted octanol–water partition coefficient (Wildman–Crippen LogP) is 0.935. The van der Waals surface area contributed by atoms with Crippen molar-refractivity contribution in [1.82, 2.24) is 9.47 Å². The van der Waals surface area contributed by atoms with Gasteiger partial charge in [0.05, 0.1) is 5.69 Å². The molecule has 0 aliphatic carbocycles. The van der Waals surface area contributed by atoms with Crippen molar-refractivity contribution >= 4 is 11.6 Å².